The highest BCUT2D eigenvalue weighted by Gasteiger charge is 2.13. The topological polar surface area (TPSA) is 64.3 Å². The van der Waals surface area contributed by atoms with Gasteiger partial charge in [-0.15, -0.1) is 0 Å². The van der Waals surface area contributed by atoms with Gasteiger partial charge in [-0.3, -0.25) is 4.79 Å². The molecule has 0 bridgehead atoms. The molecule has 1 unspecified atom stereocenters. The predicted molar refractivity (Wildman–Crippen MR) is 80.1 cm³/mol. The zero-order chi connectivity index (χ0) is 13.8. The molecule has 0 fully saturated rings. The lowest BCUT2D eigenvalue weighted by Crippen LogP contribution is -2.39. The third-order valence-electron chi connectivity index (χ3n) is 2.75. The first-order valence-corrected chi connectivity index (χ1v) is 6.64. The molecular formula is C14H15BrN2O2. The smallest absolute Gasteiger partial charge is 0.243 e. The van der Waals surface area contributed by atoms with E-state index in [2.05, 4.69) is 21.2 Å². The van der Waals surface area contributed by atoms with E-state index in [1.807, 2.05) is 36.4 Å². The molecule has 1 atom stereocenters. The Bertz CT molecular complexity index is 601. The van der Waals surface area contributed by atoms with Crippen LogP contribution in [-0.2, 0) is 9.53 Å². The van der Waals surface area contributed by atoms with E-state index in [-0.39, 0.29) is 12.5 Å². The molecule has 0 aliphatic rings. The third kappa shape index (κ3) is 3.53. The molecule has 3 N–H and O–H groups in total. The number of carbonyl (C=O) groups is 1. The van der Waals surface area contributed by atoms with Crippen molar-refractivity contribution in [3.8, 4) is 0 Å². The molecule has 2 aromatic carbocycles. The van der Waals surface area contributed by atoms with E-state index in [9.17, 15) is 4.79 Å². The van der Waals surface area contributed by atoms with Crippen molar-refractivity contribution in [2.45, 2.75) is 6.04 Å². The molecule has 4 nitrogen and oxygen atoms in total. The molecule has 5 heteroatoms. The van der Waals surface area contributed by atoms with Crippen LogP contribution in [0.1, 0.15) is 0 Å². The largest absolute Gasteiger partial charge is 0.383 e. The first-order valence-electron chi connectivity index (χ1n) is 5.85. The minimum atomic E-state index is -0.661. The fourth-order valence-electron chi connectivity index (χ4n) is 1.78. The van der Waals surface area contributed by atoms with Gasteiger partial charge in [0.05, 0.1) is 6.61 Å². The molecule has 0 aromatic heterocycles. The highest BCUT2D eigenvalue weighted by Crippen LogP contribution is 2.22. The van der Waals surface area contributed by atoms with E-state index in [4.69, 9.17) is 10.5 Å². The van der Waals surface area contributed by atoms with Gasteiger partial charge in [-0.2, -0.15) is 0 Å². The number of fused-ring (bicyclic) bond motifs is 1. The zero-order valence-electron chi connectivity index (χ0n) is 10.5. The van der Waals surface area contributed by atoms with Crippen LogP contribution in [0.2, 0.25) is 0 Å². The van der Waals surface area contributed by atoms with Crippen LogP contribution in [-0.4, -0.2) is 25.7 Å². The van der Waals surface area contributed by atoms with E-state index in [1.54, 1.807) is 0 Å². The van der Waals surface area contributed by atoms with Crippen molar-refractivity contribution in [2.24, 2.45) is 5.73 Å². The quantitative estimate of drug-likeness (QED) is 0.909. The van der Waals surface area contributed by atoms with Crippen molar-refractivity contribution < 1.29 is 9.53 Å². The van der Waals surface area contributed by atoms with Gasteiger partial charge < -0.3 is 15.8 Å². The first-order chi connectivity index (χ1) is 9.10. The Balaban J connectivity index is 2.17. The van der Waals surface area contributed by atoms with E-state index in [1.165, 1.54) is 7.11 Å². The Morgan fingerprint density at radius 2 is 2.00 bits per heavy atom. The third-order valence-corrected chi connectivity index (χ3v) is 3.25. The molecule has 0 radical (unpaired) electrons. The van der Waals surface area contributed by atoms with Crippen LogP contribution in [0.25, 0.3) is 10.8 Å². The fourth-order valence-corrected chi connectivity index (χ4v) is 2.16. The number of hydrogen-bond acceptors (Lipinski definition) is 3. The zero-order valence-corrected chi connectivity index (χ0v) is 12.1. The number of methoxy groups -OCH3 is 1. The molecule has 100 valence electrons. The number of hydrogen-bond donors (Lipinski definition) is 2. The molecule has 2 aromatic rings. The summed E-state index contributed by atoms with van der Waals surface area (Å²) in [5.74, 6) is -0.252. The van der Waals surface area contributed by atoms with Crippen molar-refractivity contribution in [1.29, 1.82) is 0 Å². The lowest BCUT2D eigenvalue weighted by atomic mass is 10.1. The van der Waals surface area contributed by atoms with E-state index >= 15 is 0 Å². The van der Waals surface area contributed by atoms with Gasteiger partial charge in [0.15, 0.2) is 0 Å². The number of amides is 1. The number of halogens is 1. The molecule has 0 saturated heterocycles. The van der Waals surface area contributed by atoms with Crippen LogP contribution in [0.15, 0.2) is 40.9 Å². The number of ether oxygens (including phenoxy) is 1. The molecular weight excluding hydrogens is 308 g/mol. The minimum Gasteiger partial charge on any atom is -0.383 e. The van der Waals surface area contributed by atoms with E-state index in [0.717, 1.165) is 20.9 Å². The normalized spacial score (nSPS) is 12.4. The second-order valence-electron chi connectivity index (χ2n) is 4.26. The summed E-state index contributed by atoms with van der Waals surface area (Å²) >= 11 is 3.43. The standard InChI is InChI=1S/C14H15BrN2O2/c1-19-8-13(16)14(18)17-12-5-3-9-6-11(15)4-2-10(9)7-12/h2-7,13H,8,16H2,1H3,(H,17,18). The van der Waals surface area contributed by atoms with Crippen LogP contribution in [0.4, 0.5) is 5.69 Å². The van der Waals surface area contributed by atoms with Crippen molar-refractivity contribution in [3.63, 3.8) is 0 Å². The average molecular weight is 323 g/mol. The van der Waals surface area contributed by atoms with Gasteiger partial charge in [0.1, 0.15) is 6.04 Å². The second kappa shape index (κ2) is 6.14. The molecule has 0 spiro atoms. The van der Waals surface area contributed by atoms with Crippen LogP contribution < -0.4 is 11.1 Å². The van der Waals surface area contributed by atoms with Gasteiger partial charge in [-0.25, -0.2) is 0 Å². The van der Waals surface area contributed by atoms with Gasteiger partial charge in [-0.05, 0) is 35.0 Å². The molecule has 1 amide bonds. The van der Waals surface area contributed by atoms with E-state index in [0.29, 0.717) is 0 Å². The summed E-state index contributed by atoms with van der Waals surface area (Å²) in [5, 5.41) is 4.94. The van der Waals surface area contributed by atoms with Gasteiger partial charge >= 0.3 is 0 Å². The molecule has 0 heterocycles. The molecule has 0 saturated carbocycles. The first kappa shape index (κ1) is 14.0. The summed E-state index contributed by atoms with van der Waals surface area (Å²) < 4.78 is 5.88. The summed E-state index contributed by atoms with van der Waals surface area (Å²) in [6.07, 6.45) is 0. The van der Waals surface area contributed by atoms with Crippen molar-refractivity contribution in [3.05, 3.63) is 40.9 Å². The summed E-state index contributed by atoms with van der Waals surface area (Å²) in [7, 11) is 1.51. The van der Waals surface area contributed by atoms with Crippen LogP contribution in [0, 0.1) is 0 Å². The van der Waals surface area contributed by atoms with Crippen molar-refractivity contribution >= 4 is 38.3 Å². The maximum atomic E-state index is 11.8. The number of carbonyl (C=O) groups excluding carboxylic acids is 1. The van der Waals surface area contributed by atoms with Gasteiger partial charge in [0.2, 0.25) is 5.91 Å². The maximum absolute atomic E-state index is 11.8. The van der Waals surface area contributed by atoms with Gasteiger partial charge in [0.25, 0.3) is 0 Å². The molecule has 0 aliphatic carbocycles. The van der Waals surface area contributed by atoms with E-state index < -0.39 is 6.04 Å². The monoisotopic (exact) mass is 322 g/mol. The fraction of sp³-hybridized carbons (Fsp3) is 0.214. The minimum absolute atomic E-state index is 0.201. The highest BCUT2D eigenvalue weighted by atomic mass is 79.9. The Morgan fingerprint density at radius 1 is 1.32 bits per heavy atom. The summed E-state index contributed by atoms with van der Waals surface area (Å²) in [6.45, 7) is 0.201. The van der Waals surface area contributed by atoms with Crippen LogP contribution in [0.3, 0.4) is 0 Å². The van der Waals surface area contributed by atoms with Crippen LogP contribution in [0.5, 0.6) is 0 Å². The van der Waals surface area contributed by atoms with Gasteiger partial charge in [0, 0.05) is 17.3 Å². The van der Waals surface area contributed by atoms with Crippen LogP contribution >= 0.6 is 15.9 Å². The number of benzene rings is 2. The lowest BCUT2D eigenvalue weighted by molar-refractivity contribution is -0.118. The maximum Gasteiger partial charge on any atom is 0.243 e. The predicted octanol–water partition coefficient (Wildman–Crippen LogP) is 2.51. The van der Waals surface area contributed by atoms with Crippen molar-refractivity contribution in [1.82, 2.24) is 0 Å². The number of rotatable bonds is 4. The number of anilines is 1. The Labute approximate surface area is 120 Å². The second-order valence-corrected chi connectivity index (χ2v) is 5.17. The Morgan fingerprint density at radius 3 is 2.74 bits per heavy atom. The molecule has 2 rings (SSSR count). The summed E-state index contributed by atoms with van der Waals surface area (Å²) in [4.78, 5) is 11.8. The number of nitrogens with one attached hydrogen (secondary N) is 1. The highest BCUT2D eigenvalue weighted by molar-refractivity contribution is 9.10. The van der Waals surface area contributed by atoms with Crippen molar-refractivity contribution in [2.75, 3.05) is 19.0 Å². The SMILES string of the molecule is COCC(N)C(=O)Nc1ccc2cc(Br)ccc2c1. The molecule has 19 heavy (non-hydrogen) atoms. The Hall–Kier alpha value is -1.43. The lowest BCUT2D eigenvalue weighted by Gasteiger charge is -2.11. The summed E-state index contributed by atoms with van der Waals surface area (Å²) in [6, 6.07) is 11.0. The summed E-state index contributed by atoms with van der Waals surface area (Å²) in [5.41, 5.74) is 6.39. The Kier molecular flexibility index (Phi) is 4.52. The average Bonchev–Trinajstić information content (AvgIpc) is 2.39. The molecule has 0 aliphatic heterocycles. The van der Waals surface area contributed by atoms with Gasteiger partial charge in [-0.1, -0.05) is 28.1 Å². The number of nitrogens with two attached hydrogens (primary N) is 1.